The smallest absolute Gasteiger partial charge is 0.279 e. The summed E-state index contributed by atoms with van der Waals surface area (Å²) in [4.78, 5) is 27.7. The minimum absolute atomic E-state index is 0.142. The van der Waals surface area contributed by atoms with E-state index in [0.29, 0.717) is 30.1 Å². The molecule has 3 aromatic rings. The summed E-state index contributed by atoms with van der Waals surface area (Å²) in [6.45, 7) is 4.45. The molecule has 0 spiro atoms. The third kappa shape index (κ3) is 2.62. The van der Waals surface area contributed by atoms with E-state index in [0.717, 1.165) is 24.2 Å². The summed E-state index contributed by atoms with van der Waals surface area (Å²) in [6, 6.07) is 3.57. The van der Waals surface area contributed by atoms with Gasteiger partial charge >= 0.3 is 0 Å². The highest BCUT2D eigenvalue weighted by Crippen LogP contribution is 2.20. The Kier molecular flexibility index (Phi) is 4.12. The van der Waals surface area contributed by atoms with Crippen LogP contribution in [0.2, 0.25) is 0 Å². The zero-order chi connectivity index (χ0) is 18.3. The minimum atomic E-state index is -0.272. The van der Waals surface area contributed by atoms with Crippen molar-refractivity contribution < 1.29 is 9.21 Å². The highest BCUT2D eigenvalue weighted by Gasteiger charge is 2.25. The molecule has 1 aliphatic rings. The summed E-state index contributed by atoms with van der Waals surface area (Å²) in [5.41, 5.74) is 2.58. The van der Waals surface area contributed by atoms with Crippen molar-refractivity contribution >= 4 is 11.6 Å². The lowest BCUT2D eigenvalue weighted by atomic mass is 10.1. The Morgan fingerprint density at radius 1 is 1.42 bits per heavy atom. The van der Waals surface area contributed by atoms with Gasteiger partial charge in [-0.25, -0.2) is 0 Å². The fourth-order valence-corrected chi connectivity index (χ4v) is 3.56. The third-order valence-corrected chi connectivity index (χ3v) is 4.85. The number of furan rings is 1. The quantitative estimate of drug-likeness (QED) is 0.755. The van der Waals surface area contributed by atoms with Crippen LogP contribution < -0.4 is 10.9 Å². The van der Waals surface area contributed by atoms with Crippen LogP contribution in [0.5, 0.6) is 0 Å². The van der Waals surface area contributed by atoms with E-state index >= 15 is 0 Å². The first-order chi connectivity index (χ1) is 12.6. The molecule has 3 aromatic heterocycles. The Morgan fingerprint density at radius 3 is 3.00 bits per heavy atom. The molecule has 0 atom stereocenters. The number of carbonyl (C=O) groups is 1. The van der Waals surface area contributed by atoms with E-state index in [1.165, 1.54) is 10.7 Å². The van der Waals surface area contributed by atoms with Gasteiger partial charge in [-0.3, -0.25) is 9.59 Å². The minimum Gasteiger partial charge on any atom is -0.467 e. The molecule has 8 nitrogen and oxygen atoms in total. The van der Waals surface area contributed by atoms with Gasteiger partial charge in [0, 0.05) is 31.7 Å². The van der Waals surface area contributed by atoms with Crippen molar-refractivity contribution in [3.05, 3.63) is 57.5 Å². The number of amides is 1. The second kappa shape index (κ2) is 6.45. The van der Waals surface area contributed by atoms with E-state index in [1.54, 1.807) is 18.4 Å². The van der Waals surface area contributed by atoms with Crippen molar-refractivity contribution in [3.8, 4) is 0 Å². The van der Waals surface area contributed by atoms with E-state index in [2.05, 4.69) is 15.3 Å². The topological polar surface area (TPSA) is 84.8 Å². The first-order valence-corrected chi connectivity index (χ1v) is 8.71. The second-order valence-electron chi connectivity index (χ2n) is 6.52. The van der Waals surface area contributed by atoms with Crippen LogP contribution in [-0.4, -0.2) is 38.6 Å². The van der Waals surface area contributed by atoms with Crippen molar-refractivity contribution in [2.45, 2.75) is 33.0 Å². The summed E-state index contributed by atoms with van der Waals surface area (Å²) >= 11 is 0. The molecule has 8 heteroatoms. The molecule has 4 heterocycles. The molecular formula is C18H21N5O3. The molecule has 0 radical (unpaired) electrons. The van der Waals surface area contributed by atoms with Crippen molar-refractivity contribution in [2.75, 3.05) is 13.6 Å². The van der Waals surface area contributed by atoms with Crippen LogP contribution in [0.25, 0.3) is 5.65 Å². The van der Waals surface area contributed by atoms with E-state index < -0.39 is 0 Å². The SMILES string of the molecule is CCn1c2c(c(=O)n3ncc(C(=O)NCc4ccco4)c13)CN(C)CC2. The van der Waals surface area contributed by atoms with Gasteiger partial charge in [-0.1, -0.05) is 0 Å². The molecule has 1 amide bonds. The first kappa shape index (κ1) is 16.6. The Morgan fingerprint density at radius 2 is 2.27 bits per heavy atom. The van der Waals surface area contributed by atoms with Crippen LogP contribution in [-0.2, 0) is 26.1 Å². The molecule has 0 saturated carbocycles. The van der Waals surface area contributed by atoms with Crippen LogP contribution >= 0.6 is 0 Å². The summed E-state index contributed by atoms with van der Waals surface area (Å²) in [7, 11) is 2.00. The molecule has 0 unspecified atom stereocenters. The Bertz CT molecular complexity index is 1020. The van der Waals surface area contributed by atoms with Crippen LogP contribution in [0.1, 0.15) is 34.3 Å². The largest absolute Gasteiger partial charge is 0.467 e. The van der Waals surface area contributed by atoms with Gasteiger partial charge in [0.1, 0.15) is 11.3 Å². The number of nitrogens with zero attached hydrogens (tertiary/aromatic N) is 4. The lowest BCUT2D eigenvalue weighted by Gasteiger charge is -2.27. The Labute approximate surface area is 150 Å². The number of aryl methyl sites for hydroxylation is 1. The molecule has 0 saturated heterocycles. The molecule has 0 bridgehead atoms. The molecule has 0 aromatic carbocycles. The van der Waals surface area contributed by atoms with E-state index in [9.17, 15) is 9.59 Å². The average molecular weight is 355 g/mol. The van der Waals surface area contributed by atoms with Gasteiger partial charge in [0.2, 0.25) is 0 Å². The molecular weight excluding hydrogens is 334 g/mol. The van der Waals surface area contributed by atoms with Crippen molar-refractivity contribution in [1.82, 2.24) is 24.4 Å². The molecule has 0 fully saturated rings. The lowest BCUT2D eigenvalue weighted by molar-refractivity contribution is 0.0949. The lowest BCUT2D eigenvalue weighted by Crippen LogP contribution is -2.37. The zero-order valence-electron chi connectivity index (χ0n) is 14.9. The fraction of sp³-hybridized carbons (Fsp3) is 0.389. The molecule has 26 heavy (non-hydrogen) atoms. The Hall–Kier alpha value is -2.87. The van der Waals surface area contributed by atoms with Crippen LogP contribution in [0.3, 0.4) is 0 Å². The van der Waals surface area contributed by atoms with E-state index in [4.69, 9.17) is 4.42 Å². The number of hydrogen-bond donors (Lipinski definition) is 1. The van der Waals surface area contributed by atoms with Gasteiger partial charge in [0.15, 0.2) is 5.65 Å². The third-order valence-electron chi connectivity index (χ3n) is 4.85. The van der Waals surface area contributed by atoms with Crippen LogP contribution in [0, 0.1) is 0 Å². The molecule has 4 rings (SSSR count). The average Bonchev–Trinajstić information content (AvgIpc) is 3.30. The number of aromatic nitrogens is 3. The van der Waals surface area contributed by atoms with Crippen molar-refractivity contribution in [3.63, 3.8) is 0 Å². The predicted octanol–water partition coefficient (Wildman–Crippen LogP) is 1.03. The molecule has 0 aliphatic carbocycles. The highest BCUT2D eigenvalue weighted by molar-refractivity contribution is 5.99. The second-order valence-corrected chi connectivity index (χ2v) is 6.52. The number of fused-ring (bicyclic) bond motifs is 2. The Balaban J connectivity index is 1.78. The number of hydrogen-bond acceptors (Lipinski definition) is 5. The number of carbonyl (C=O) groups excluding carboxylic acids is 1. The van der Waals surface area contributed by atoms with Gasteiger partial charge in [0.25, 0.3) is 11.5 Å². The van der Waals surface area contributed by atoms with E-state index in [-0.39, 0.29) is 18.0 Å². The van der Waals surface area contributed by atoms with E-state index in [1.807, 2.05) is 18.5 Å². The van der Waals surface area contributed by atoms with Gasteiger partial charge in [-0.2, -0.15) is 9.61 Å². The zero-order valence-corrected chi connectivity index (χ0v) is 14.9. The maximum Gasteiger partial charge on any atom is 0.279 e. The first-order valence-electron chi connectivity index (χ1n) is 8.71. The fourth-order valence-electron chi connectivity index (χ4n) is 3.56. The van der Waals surface area contributed by atoms with Crippen molar-refractivity contribution in [2.24, 2.45) is 0 Å². The van der Waals surface area contributed by atoms with Gasteiger partial charge < -0.3 is 19.2 Å². The number of nitrogens with one attached hydrogen (secondary N) is 1. The molecule has 1 N–H and O–H groups in total. The number of rotatable bonds is 4. The maximum absolute atomic E-state index is 12.9. The molecule has 1 aliphatic heterocycles. The summed E-state index contributed by atoms with van der Waals surface area (Å²) < 4.78 is 8.63. The molecule has 136 valence electrons. The van der Waals surface area contributed by atoms with Gasteiger partial charge in [-0.05, 0) is 26.1 Å². The normalized spacial score (nSPS) is 14.5. The van der Waals surface area contributed by atoms with Crippen molar-refractivity contribution in [1.29, 1.82) is 0 Å². The maximum atomic E-state index is 12.9. The van der Waals surface area contributed by atoms with Crippen LogP contribution in [0.15, 0.2) is 33.8 Å². The summed E-state index contributed by atoms with van der Waals surface area (Å²) in [5.74, 6) is 0.397. The predicted molar refractivity (Wildman–Crippen MR) is 95.0 cm³/mol. The van der Waals surface area contributed by atoms with Crippen LogP contribution in [0.4, 0.5) is 0 Å². The summed E-state index contributed by atoms with van der Waals surface area (Å²) in [5, 5.41) is 7.03. The highest BCUT2D eigenvalue weighted by atomic mass is 16.3. The standard InChI is InChI=1S/C18H21N5O3/c1-3-22-15-6-7-21(2)11-14(15)18(25)23-17(22)13(10-20-23)16(24)19-9-12-5-4-8-26-12/h4-5,8,10H,3,6-7,9,11H2,1-2H3,(H,19,24). The van der Waals surface area contributed by atoms with Gasteiger partial charge in [-0.15, -0.1) is 0 Å². The van der Waals surface area contributed by atoms with Gasteiger partial charge in [0.05, 0.1) is 24.6 Å². The summed E-state index contributed by atoms with van der Waals surface area (Å²) in [6.07, 6.45) is 3.81. The monoisotopic (exact) mass is 355 g/mol. The number of likely N-dealkylation sites (N-methyl/N-ethyl adjacent to an activating group) is 1.